The van der Waals surface area contributed by atoms with Crippen LogP contribution in [0.2, 0.25) is 10.0 Å². The first-order chi connectivity index (χ1) is 16.9. The van der Waals surface area contributed by atoms with Crippen LogP contribution in [0.3, 0.4) is 0 Å². The molecule has 1 heterocycles. The lowest BCUT2D eigenvalue weighted by Crippen LogP contribution is -2.29. The predicted molar refractivity (Wildman–Crippen MR) is 136 cm³/mol. The van der Waals surface area contributed by atoms with Crippen molar-refractivity contribution in [1.29, 1.82) is 0 Å². The van der Waals surface area contributed by atoms with Crippen molar-refractivity contribution in [2.75, 3.05) is 18.6 Å². The van der Waals surface area contributed by atoms with E-state index in [1.165, 1.54) is 30.2 Å². The van der Waals surface area contributed by atoms with Gasteiger partial charge in [-0.1, -0.05) is 54.4 Å². The molecular weight excluding hydrogens is 489 g/mol. The van der Waals surface area contributed by atoms with Gasteiger partial charge < -0.3 is 14.6 Å². The zero-order chi connectivity index (χ0) is 25.1. The predicted octanol–water partition coefficient (Wildman–Crippen LogP) is 6.42. The molecule has 1 amide bonds. The molecule has 1 unspecified atom stereocenters. The Bertz CT molecular complexity index is 1320. The number of para-hydroxylation sites is 1. The molecule has 6 nitrogen and oxygen atoms in total. The Morgan fingerprint density at radius 1 is 1.00 bits per heavy atom. The number of ether oxygens (including phenoxy) is 2. The summed E-state index contributed by atoms with van der Waals surface area (Å²) >= 11 is 12.2. The highest BCUT2D eigenvalue weighted by molar-refractivity contribution is 6.52. The second-order valence-corrected chi connectivity index (χ2v) is 8.70. The SMILES string of the molecule is CCCOc1cccc(N2C(=O)C(=O)/C(=C(/O)c3ccc(Cl)c(Cl)c3)C2c2ccccc2OC)c1. The molecule has 0 saturated carbocycles. The summed E-state index contributed by atoms with van der Waals surface area (Å²) in [7, 11) is 1.50. The molecule has 4 rings (SSSR count). The van der Waals surface area contributed by atoms with Gasteiger partial charge in [0.25, 0.3) is 11.7 Å². The molecule has 1 atom stereocenters. The van der Waals surface area contributed by atoms with Crippen molar-refractivity contribution in [2.24, 2.45) is 0 Å². The number of aliphatic hydroxyl groups is 1. The molecule has 180 valence electrons. The molecule has 1 N–H and O–H groups in total. The van der Waals surface area contributed by atoms with Gasteiger partial charge in [0, 0.05) is 22.9 Å². The van der Waals surface area contributed by atoms with Crippen LogP contribution in [0, 0.1) is 0 Å². The van der Waals surface area contributed by atoms with Gasteiger partial charge in [-0.3, -0.25) is 14.5 Å². The van der Waals surface area contributed by atoms with E-state index in [2.05, 4.69) is 0 Å². The van der Waals surface area contributed by atoms with Gasteiger partial charge >= 0.3 is 0 Å². The third kappa shape index (κ3) is 4.72. The van der Waals surface area contributed by atoms with E-state index in [-0.39, 0.29) is 21.9 Å². The van der Waals surface area contributed by atoms with E-state index in [4.69, 9.17) is 32.7 Å². The summed E-state index contributed by atoms with van der Waals surface area (Å²) in [5, 5.41) is 11.8. The van der Waals surface area contributed by atoms with Crippen molar-refractivity contribution < 1.29 is 24.2 Å². The summed E-state index contributed by atoms with van der Waals surface area (Å²) in [5.74, 6) is -0.949. The summed E-state index contributed by atoms with van der Waals surface area (Å²) in [6.07, 6.45) is 0.819. The van der Waals surface area contributed by atoms with Gasteiger partial charge in [-0.05, 0) is 42.8 Å². The fraction of sp³-hybridized carbons (Fsp3) is 0.185. The van der Waals surface area contributed by atoms with Gasteiger partial charge in [0.15, 0.2) is 0 Å². The monoisotopic (exact) mass is 511 g/mol. The van der Waals surface area contributed by atoms with Crippen LogP contribution in [0.4, 0.5) is 5.69 Å². The molecule has 0 radical (unpaired) electrons. The number of nitrogens with zero attached hydrogens (tertiary/aromatic N) is 1. The molecule has 3 aromatic carbocycles. The van der Waals surface area contributed by atoms with E-state index < -0.39 is 17.7 Å². The van der Waals surface area contributed by atoms with E-state index in [9.17, 15) is 14.7 Å². The topological polar surface area (TPSA) is 76.1 Å². The van der Waals surface area contributed by atoms with Gasteiger partial charge in [-0.2, -0.15) is 0 Å². The third-order valence-corrected chi connectivity index (χ3v) is 6.38. The largest absolute Gasteiger partial charge is 0.507 e. The van der Waals surface area contributed by atoms with Crippen molar-refractivity contribution >= 4 is 46.3 Å². The zero-order valence-electron chi connectivity index (χ0n) is 19.1. The number of hydrogen-bond donors (Lipinski definition) is 1. The highest BCUT2D eigenvalue weighted by atomic mass is 35.5. The van der Waals surface area contributed by atoms with Crippen molar-refractivity contribution in [3.05, 3.63) is 93.5 Å². The van der Waals surface area contributed by atoms with Crippen molar-refractivity contribution in [1.82, 2.24) is 0 Å². The molecule has 1 aliphatic heterocycles. The highest BCUT2D eigenvalue weighted by Crippen LogP contribution is 2.45. The lowest BCUT2D eigenvalue weighted by atomic mass is 9.94. The molecule has 0 aromatic heterocycles. The average molecular weight is 512 g/mol. The van der Waals surface area contributed by atoms with Crippen LogP contribution in [0.1, 0.15) is 30.5 Å². The lowest BCUT2D eigenvalue weighted by Gasteiger charge is -2.27. The maximum atomic E-state index is 13.4. The van der Waals surface area contributed by atoms with Gasteiger partial charge in [-0.25, -0.2) is 0 Å². The molecule has 8 heteroatoms. The van der Waals surface area contributed by atoms with Gasteiger partial charge in [-0.15, -0.1) is 0 Å². The van der Waals surface area contributed by atoms with E-state index in [0.717, 1.165) is 6.42 Å². The van der Waals surface area contributed by atoms with Gasteiger partial charge in [0.2, 0.25) is 0 Å². The third-order valence-electron chi connectivity index (χ3n) is 5.64. The zero-order valence-corrected chi connectivity index (χ0v) is 20.6. The molecule has 1 fully saturated rings. The second kappa shape index (κ2) is 10.4. The van der Waals surface area contributed by atoms with Crippen LogP contribution in [0.5, 0.6) is 11.5 Å². The summed E-state index contributed by atoms with van der Waals surface area (Å²) in [6, 6.07) is 17.5. The summed E-state index contributed by atoms with van der Waals surface area (Å²) in [5.41, 5.74) is 1.16. The Morgan fingerprint density at radius 2 is 1.77 bits per heavy atom. The number of carbonyl (C=O) groups is 2. The molecule has 1 aliphatic rings. The maximum absolute atomic E-state index is 13.4. The van der Waals surface area contributed by atoms with Crippen molar-refractivity contribution in [3.8, 4) is 11.5 Å². The Morgan fingerprint density at radius 3 is 2.49 bits per heavy atom. The Hall–Kier alpha value is -3.48. The number of Topliss-reactive ketones (excluding diaryl/α,β-unsaturated/α-hetero) is 1. The average Bonchev–Trinajstić information content (AvgIpc) is 3.14. The van der Waals surface area contributed by atoms with E-state index in [1.807, 2.05) is 6.92 Å². The highest BCUT2D eigenvalue weighted by Gasteiger charge is 2.48. The van der Waals surface area contributed by atoms with Crippen LogP contribution in [-0.4, -0.2) is 30.5 Å². The minimum Gasteiger partial charge on any atom is -0.507 e. The van der Waals surface area contributed by atoms with E-state index in [0.29, 0.717) is 34.4 Å². The van der Waals surface area contributed by atoms with Crippen LogP contribution < -0.4 is 14.4 Å². The smallest absolute Gasteiger partial charge is 0.300 e. The number of aliphatic hydroxyl groups excluding tert-OH is 1. The number of hydrogen-bond acceptors (Lipinski definition) is 5. The quantitative estimate of drug-likeness (QED) is 0.225. The Balaban J connectivity index is 1.94. The molecular formula is C27H23Cl2NO5. The summed E-state index contributed by atoms with van der Waals surface area (Å²) in [6.45, 7) is 2.50. The molecule has 1 saturated heterocycles. The standard InChI is InChI=1S/C27H23Cl2NO5/c1-3-13-35-18-8-6-7-17(15-18)30-24(19-9-4-5-10-22(19)34-2)23(26(32)27(30)33)25(31)16-11-12-20(28)21(29)14-16/h4-12,14-15,24,31H,3,13H2,1-2H3/b25-23+. The molecule has 0 spiro atoms. The van der Waals surface area contributed by atoms with Crippen LogP contribution in [-0.2, 0) is 9.59 Å². The molecule has 0 bridgehead atoms. The second-order valence-electron chi connectivity index (χ2n) is 7.89. The fourth-order valence-electron chi connectivity index (χ4n) is 4.03. The Labute approximate surface area is 213 Å². The van der Waals surface area contributed by atoms with Crippen molar-refractivity contribution in [3.63, 3.8) is 0 Å². The number of halogens is 2. The number of rotatable bonds is 7. The Kier molecular flexibility index (Phi) is 7.34. The van der Waals surface area contributed by atoms with Crippen LogP contribution >= 0.6 is 23.2 Å². The number of amides is 1. The first kappa shape index (κ1) is 24.6. The minimum atomic E-state index is -0.956. The van der Waals surface area contributed by atoms with Gasteiger partial charge in [0.05, 0.1) is 35.4 Å². The number of ketones is 1. The van der Waals surface area contributed by atoms with Crippen molar-refractivity contribution in [2.45, 2.75) is 19.4 Å². The first-order valence-electron chi connectivity index (χ1n) is 11.0. The molecule has 3 aromatic rings. The van der Waals surface area contributed by atoms with E-state index in [1.54, 1.807) is 48.5 Å². The maximum Gasteiger partial charge on any atom is 0.300 e. The fourth-order valence-corrected chi connectivity index (χ4v) is 4.33. The molecule has 35 heavy (non-hydrogen) atoms. The normalized spacial score (nSPS) is 17.0. The van der Waals surface area contributed by atoms with Gasteiger partial charge in [0.1, 0.15) is 17.3 Å². The van der Waals surface area contributed by atoms with Crippen LogP contribution in [0.15, 0.2) is 72.3 Å². The van der Waals surface area contributed by atoms with E-state index >= 15 is 0 Å². The molecule has 0 aliphatic carbocycles. The lowest BCUT2D eigenvalue weighted by molar-refractivity contribution is -0.132. The minimum absolute atomic E-state index is 0.0854. The van der Waals surface area contributed by atoms with Crippen LogP contribution in [0.25, 0.3) is 5.76 Å². The number of benzene rings is 3. The first-order valence-corrected chi connectivity index (χ1v) is 11.7. The number of methoxy groups -OCH3 is 1. The summed E-state index contributed by atoms with van der Waals surface area (Å²) in [4.78, 5) is 28.1. The number of carbonyl (C=O) groups excluding carboxylic acids is 2. The summed E-state index contributed by atoms with van der Waals surface area (Å²) < 4.78 is 11.3. The number of anilines is 1.